The van der Waals surface area contributed by atoms with Crippen molar-refractivity contribution in [1.82, 2.24) is 9.80 Å². The van der Waals surface area contributed by atoms with E-state index in [0.717, 1.165) is 54.5 Å². The quantitative estimate of drug-likeness (QED) is 0.318. The molecule has 2 aromatic carbocycles. The van der Waals surface area contributed by atoms with Crippen LogP contribution in [-0.2, 0) is 21.4 Å². The third-order valence-corrected chi connectivity index (χ3v) is 9.61. The van der Waals surface area contributed by atoms with Crippen LogP contribution in [0.1, 0.15) is 62.3 Å². The molecule has 1 N–H and O–H groups in total. The van der Waals surface area contributed by atoms with Crippen molar-refractivity contribution in [1.29, 1.82) is 0 Å². The molecular formula is C33H40N2O5. The number of hydrogen-bond donors (Lipinski definition) is 1. The highest BCUT2D eigenvalue weighted by Gasteiger charge is 2.66. The molecule has 2 fully saturated rings. The number of likely N-dealkylation sites (N-methyl/N-ethyl adjacent to an activating group) is 1. The number of rotatable bonds is 6. The Morgan fingerprint density at radius 1 is 1.27 bits per heavy atom. The Balaban J connectivity index is 1.42. The first-order valence-electron chi connectivity index (χ1n) is 14.6. The number of amides is 1. The van der Waals surface area contributed by atoms with Crippen LogP contribution in [-0.4, -0.2) is 65.1 Å². The first kappa shape index (κ1) is 26.9. The second-order valence-corrected chi connectivity index (χ2v) is 12.6. The van der Waals surface area contributed by atoms with Crippen LogP contribution in [0.5, 0.6) is 17.2 Å². The summed E-state index contributed by atoms with van der Waals surface area (Å²) in [5.41, 5.74) is 3.80. The summed E-state index contributed by atoms with van der Waals surface area (Å²) in [5, 5.41) is 11.1. The molecule has 1 amide bonds. The average Bonchev–Trinajstić information content (AvgIpc) is 3.24. The molecule has 2 heterocycles. The molecule has 4 aliphatic rings. The first-order valence-corrected chi connectivity index (χ1v) is 14.6. The van der Waals surface area contributed by atoms with E-state index in [1.165, 1.54) is 13.0 Å². The molecule has 2 aliphatic carbocycles. The lowest BCUT2D eigenvalue weighted by molar-refractivity contribution is -0.138. The molecule has 7 heteroatoms. The number of phenols is 1. The number of aryl methyl sites for hydroxylation is 1. The van der Waals surface area contributed by atoms with Crippen LogP contribution in [0.15, 0.2) is 36.4 Å². The van der Waals surface area contributed by atoms with Gasteiger partial charge in [0.1, 0.15) is 11.9 Å². The van der Waals surface area contributed by atoms with Gasteiger partial charge in [-0.25, -0.2) is 0 Å². The fourth-order valence-corrected chi connectivity index (χ4v) is 8.15. The summed E-state index contributed by atoms with van der Waals surface area (Å²) in [6, 6.07) is 9.83. The zero-order valence-corrected chi connectivity index (χ0v) is 24.1. The van der Waals surface area contributed by atoms with E-state index in [1.807, 2.05) is 36.1 Å². The van der Waals surface area contributed by atoms with E-state index in [9.17, 15) is 14.7 Å². The van der Waals surface area contributed by atoms with Crippen LogP contribution in [0.25, 0.3) is 6.08 Å². The van der Waals surface area contributed by atoms with Crippen LogP contribution in [0.2, 0.25) is 0 Å². The Hall–Kier alpha value is -3.32. The van der Waals surface area contributed by atoms with Crippen molar-refractivity contribution in [3.05, 3.63) is 58.7 Å². The van der Waals surface area contributed by atoms with Crippen molar-refractivity contribution < 1.29 is 24.2 Å². The highest BCUT2D eigenvalue weighted by molar-refractivity contribution is 5.92. The molecule has 1 saturated carbocycles. The number of hydrogen-bond acceptors (Lipinski definition) is 6. The number of carbonyl (C=O) groups excluding carboxylic acids is 2. The number of benzene rings is 2. The van der Waals surface area contributed by atoms with Gasteiger partial charge >= 0.3 is 5.97 Å². The minimum atomic E-state index is -0.403. The molecule has 2 aromatic rings. The average molecular weight is 545 g/mol. The Labute approximate surface area is 236 Å². The van der Waals surface area contributed by atoms with Crippen LogP contribution in [0.4, 0.5) is 0 Å². The van der Waals surface area contributed by atoms with Crippen molar-refractivity contribution in [3.8, 4) is 17.2 Å². The fourth-order valence-electron chi connectivity index (χ4n) is 8.15. The number of aromatic hydroxyl groups is 1. The molecule has 2 aliphatic heterocycles. The van der Waals surface area contributed by atoms with E-state index in [4.69, 9.17) is 9.47 Å². The summed E-state index contributed by atoms with van der Waals surface area (Å²) in [6.45, 7) is 9.26. The Bertz CT molecular complexity index is 1380. The van der Waals surface area contributed by atoms with E-state index < -0.39 is 5.97 Å². The van der Waals surface area contributed by atoms with Gasteiger partial charge in [-0.15, -0.1) is 0 Å². The third-order valence-electron chi connectivity index (χ3n) is 9.61. The standard InChI is InChI=1S/C33H40N2O5/c1-19(2)18-35(29(38)12-9-22-8-6-7-20(3)15-22)25-11-10-24-26-16-23-28(39-21(4)36)17-27(37)31-30(23)33(24,32(25)40-31)13-14-34(26)5/h6-9,12,15,17,19,24-26,32,37H,10-11,13-14,16,18H2,1-5H3/t24-,25?,26+,32-,33-/m0/s1. The Morgan fingerprint density at radius 2 is 2.08 bits per heavy atom. The Kier molecular flexibility index (Phi) is 6.68. The van der Waals surface area contributed by atoms with Gasteiger partial charge in [0.2, 0.25) is 5.91 Å². The zero-order valence-electron chi connectivity index (χ0n) is 24.1. The second kappa shape index (κ2) is 9.95. The predicted octanol–water partition coefficient (Wildman–Crippen LogP) is 4.86. The van der Waals surface area contributed by atoms with Gasteiger partial charge in [-0.3, -0.25) is 9.59 Å². The first-order chi connectivity index (χ1) is 19.1. The molecule has 1 saturated heterocycles. The summed E-state index contributed by atoms with van der Waals surface area (Å²) in [4.78, 5) is 30.3. The van der Waals surface area contributed by atoms with Crippen LogP contribution >= 0.6 is 0 Å². The number of ether oxygens (including phenoxy) is 2. The lowest BCUT2D eigenvalue weighted by atomic mass is 9.51. The largest absolute Gasteiger partial charge is 0.504 e. The highest BCUT2D eigenvalue weighted by atomic mass is 16.5. The highest BCUT2D eigenvalue weighted by Crippen LogP contribution is 2.65. The van der Waals surface area contributed by atoms with Gasteiger partial charge in [-0.05, 0) is 69.7 Å². The van der Waals surface area contributed by atoms with Gasteiger partial charge in [0, 0.05) is 48.2 Å². The molecule has 5 atom stereocenters. The number of phenolic OH excluding ortho intramolecular Hbond substituents is 1. The monoisotopic (exact) mass is 544 g/mol. The third kappa shape index (κ3) is 4.21. The minimum Gasteiger partial charge on any atom is -0.504 e. The van der Waals surface area contributed by atoms with Crippen LogP contribution in [0.3, 0.4) is 0 Å². The summed E-state index contributed by atoms with van der Waals surface area (Å²) < 4.78 is 12.4. The van der Waals surface area contributed by atoms with Crippen molar-refractivity contribution in [2.45, 2.75) is 77.0 Å². The van der Waals surface area contributed by atoms with E-state index in [0.29, 0.717) is 24.0 Å². The molecule has 40 heavy (non-hydrogen) atoms. The van der Waals surface area contributed by atoms with Gasteiger partial charge in [-0.2, -0.15) is 0 Å². The molecule has 212 valence electrons. The van der Waals surface area contributed by atoms with E-state index >= 15 is 0 Å². The molecule has 2 bridgehead atoms. The minimum absolute atomic E-state index is 0.00901. The lowest BCUT2D eigenvalue weighted by Gasteiger charge is -2.60. The molecule has 7 nitrogen and oxygen atoms in total. The SMILES string of the molecule is CC(=O)Oc1cc(O)c2c3c1C[C@@H]1[C@@H]4CCC(N(CC(C)C)C(=O)C=Cc5cccc(C)c5)[C@H](O2)[C@]34CCN1C. The molecule has 6 rings (SSSR count). The maximum Gasteiger partial charge on any atom is 0.308 e. The molecule has 1 unspecified atom stereocenters. The van der Waals surface area contributed by atoms with Crippen LogP contribution < -0.4 is 9.47 Å². The summed E-state index contributed by atoms with van der Waals surface area (Å²) in [7, 11) is 2.18. The van der Waals surface area contributed by atoms with Crippen molar-refractivity contribution in [2.24, 2.45) is 11.8 Å². The normalized spacial score (nSPS) is 28.4. The zero-order chi connectivity index (χ0) is 28.3. The van der Waals surface area contributed by atoms with Gasteiger partial charge in [0.05, 0.1) is 6.04 Å². The topological polar surface area (TPSA) is 79.3 Å². The summed E-state index contributed by atoms with van der Waals surface area (Å²) >= 11 is 0. The van der Waals surface area contributed by atoms with E-state index in [-0.39, 0.29) is 41.2 Å². The van der Waals surface area contributed by atoms with Gasteiger partial charge in [-0.1, -0.05) is 43.7 Å². The summed E-state index contributed by atoms with van der Waals surface area (Å²) in [5.74, 6) is 1.17. The molecule has 0 aromatic heterocycles. The number of esters is 1. The molecular weight excluding hydrogens is 504 g/mol. The van der Waals surface area contributed by atoms with Gasteiger partial charge in [0.15, 0.2) is 11.5 Å². The lowest BCUT2D eigenvalue weighted by Crippen LogP contribution is -2.68. The van der Waals surface area contributed by atoms with Gasteiger partial charge in [0.25, 0.3) is 0 Å². The van der Waals surface area contributed by atoms with Crippen molar-refractivity contribution in [3.63, 3.8) is 0 Å². The number of likely N-dealkylation sites (tertiary alicyclic amines) is 1. The maximum absolute atomic E-state index is 13.9. The molecule has 0 radical (unpaired) electrons. The van der Waals surface area contributed by atoms with Crippen molar-refractivity contribution in [2.75, 3.05) is 20.1 Å². The predicted molar refractivity (Wildman–Crippen MR) is 154 cm³/mol. The Morgan fingerprint density at radius 3 is 2.80 bits per heavy atom. The maximum atomic E-state index is 13.9. The molecule has 1 spiro atoms. The number of carbonyl (C=O) groups is 2. The van der Waals surface area contributed by atoms with E-state index in [2.05, 4.69) is 31.9 Å². The number of piperidine rings is 1. The number of nitrogens with zero attached hydrogens (tertiary/aromatic N) is 2. The van der Waals surface area contributed by atoms with Crippen LogP contribution in [0, 0.1) is 18.8 Å². The second-order valence-electron chi connectivity index (χ2n) is 12.6. The fraction of sp³-hybridized carbons (Fsp3) is 0.515. The van der Waals surface area contributed by atoms with E-state index in [1.54, 1.807) is 6.08 Å². The smallest absolute Gasteiger partial charge is 0.308 e. The van der Waals surface area contributed by atoms with Crippen molar-refractivity contribution >= 4 is 18.0 Å². The van der Waals surface area contributed by atoms with Gasteiger partial charge < -0.3 is 24.4 Å². The summed E-state index contributed by atoms with van der Waals surface area (Å²) in [6.07, 6.45) is 6.77.